The fourth-order valence-electron chi connectivity index (χ4n) is 1.54. The minimum atomic E-state index is -3.05. The molecule has 2 N–H and O–H groups in total. The summed E-state index contributed by atoms with van der Waals surface area (Å²) >= 11 is 0. The molecule has 1 aliphatic heterocycles. The summed E-state index contributed by atoms with van der Waals surface area (Å²) < 4.78 is 27.0. The molecule has 0 aliphatic carbocycles. The number of amides is 1. The molecule has 1 unspecified atom stereocenters. The first-order valence-corrected chi connectivity index (χ1v) is 7.02. The number of methoxy groups -OCH3 is 1. The first-order valence-electron chi connectivity index (χ1n) is 5.20. The van der Waals surface area contributed by atoms with E-state index in [-0.39, 0.29) is 36.4 Å². The number of hydrogen-bond donors (Lipinski definition) is 2. The van der Waals surface area contributed by atoms with Crippen molar-refractivity contribution in [3.63, 3.8) is 0 Å². The lowest BCUT2D eigenvalue weighted by molar-refractivity contribution is -0.141. The molecule has 1 atom stereocenters. The van der Waals surface area contributed by atoms with E-state index in [4.69, 9.17) is 0 Å². The third-order valence-electron chi connectivity index (χ3n) is 2.39. The van der Waals surface area contributed by atoms with Gasteiger partial charge in [-0.2, -0.15) is 0 Å². The molecule has 0 spiro atoms. The summed E-state index contributed by atoms with van der Waals surface area (Å²) in [6.45, 7) is 0.159. The number of sulfone groups is 1. The predicted molar refractivity (Wildman–Crippen MR) is 60.1 cm³/mol. The largest absolute Gasteiger partial charge is 0.468 e. The molecule has 1 aliphatic rings. The topological polar surface area (TPSA) is 102 Å². The fraction of sp³-hybridized carbons (Fsp3) is 0.778. The van der Waals surface area contributed by atoms with E-state index in [9.17, 15) is 18.0 Å². The van der Waals surface area contributed by atoms with Crippen molar-refractivity contribution >= 4 is 21.7 Å². The molecule has 1 amide bonds. The van der Waals surface area contributed by atoms with Crippen molar-refractivity contribution in [2.45, 2.75) is 12.5 Å². The SMILES string of the molecule is COC(=O)CNC(=O)CC1CS(=O)(=O)CCN1. The van der Waals surface area contributed by atoms with Gasteiger partial charge in [-0.3, -0.25) is 9.59 Å². The van der Waals surface area contributed by atoms with Crippen molar-refractivity contribution in [1.29, 1.82) is 0 Å². The highest BCUT2D eigenvalue weighted by Crippen LogP contribution is 2.04. The Kier molecular flexibility index (Phi) is 4.88. The van der Waals surface area contributed by atoms with E-state index >= 15 is 0 Å². The molecule has 0 bridgehead atoms. The Balaban J connectivity index is 2.33. The average molecular weight is 264 g/mol. The summed E-state index contributed by atoms with van der Waals surface area (Å²) in [5, 5.41) is 5.31. The van der Waals surface area contributed by atoms with Crippen LogP contribution in [0.15, 0.2) is 0 Å². The summed E-state index contributed by atoms with van der Waals surface area (Å²) in [7, 11) is -1.82. The number of hydrogen-bond acceptors (Lipinski definition) is 6. The summed E-state index contributed by atoms with van der Waals surface area (Å²) in [5.74, 6) is -0.848. The monoisotopic (exact) mass is 264 g/mol. The van der Waals surface area contributed by atoms with E-state index in [1.807, 2.05) is 0 Å². The van der Waals surface area contributed by atoms with Crippen molar-refractivity contribution < 1.29 is 22.7 Å². The zero-order valence-corrected chi connectivity index (χ0v) is 10.4. The quantitative estimate of drug-likeness (QED) is 0.572. The van der Waals surface area contributed by atoms with Crippen LogP contribution in [0.3, 0.4) is 0 Å². The molecule has 0 aromatic heterocycles. The van der Waals surface area contributed by atoms with Crippen molar-refractivity contribution in [2.24, 2.45) is 0 Å². The molecule has 17 heavy (non-hydrogen) atoms. The molecule has 0 saturated carbocycles. The van der Waals surface area contributed by atoms with Gasteiger partial charge in [0.25, 0.3) is 0 Å². The van der Waals surface area contributed by atoms with Gasteiger partial charge in [-0.05, 0) is 0 Å². The molecule has 1 rings (SSSR count). The van der Waals surface area contributed by atoms with Crippen LogP contribution in [-0.4, -0.2) is 58.0 Å². The van der Waals surface area contributed by atoms with E-state index in [1.54, 1.807) is 0 Å². The van der Waals surface area contributed by atoms with Gasteiger partial charge in [0.05, 0.1) is 18.6 Å². The molecule has 8 heteroatoms. The molecule has 0 aromatic carbocycles. The maximum Gasteiger partial charge on any atom is 0.325 e. The molecule has 0 radical (unpaired) electrons. The molecule has 1 saturated heterocycles. The van der Waals surface area contributed by atoms with Gasteiger partial charge in [-0.15, -0.1) is 0 Å². The number of carbonyl (C=O) groups is 2. The van der Waals surface area contributed by atoms with Gasteiger partial charge in [-0.1, -0.05) is 0 Å². The normalized spacial score (nSPS) is 22.8. The number of rotatable bonds is 4. The Bertz CT molecular complexity index is 392. The van der Waals surface area contributed by atoms with E-state index in [2.05, 4.69) is 15.4 Å². The van der Waals surface area contributed by atoms with E-state index in [0.717, 1.165) is 0 Å². The Hall–Kier alpha value is -1.15. The van der Waals surface area contributed by atoms with Crippen LogP contribution in [0.5, 0.6) is 0 Å². The number of carbonyl (C=O) groups excluding carboxylic acids is 2. The molecule has 0 aromatic rings. The van der Waals surface area contributed by atoms with Gasteiger partial charge >= 0.3 is 5.97 Å². The Morgan fingerprint density at radius 2 is 2.18 bits per heavy atom. The highest BCUT2D eigenvalue weighted by molar-refractivity contribution is 7.91. The summed E-state index contributed by atoms with van der Waals surface area (Å²) in [6.07, 6.45) is 0.0379. The van der Waals surface area contributed by atoms with Crippen LogP contribution in [0.4, 0.5) is 0 Å². The Labute approximate surface area is 99.8 Å². The van der Waals surface area contributed by atoms with Gasteiger partial charge in [-0.25, -0.2) is 8.42 Å². The second-order valence-corrected chi connectivity index (χ2v) is 6.05. The van der Waals surface area contributed by atoms with Crippen LogP contribution in [0.1, 0.15) is 6.42 Å². The Morgan fingerprint density at radius 3 is 2.76 bits per heavy atom. The highest BCUT2D eigenvalue weighted by atomic mass is 32.2. The molecular weight excluding hydrogens is 248 g/mol. The maximum absolute atomic E-state index is 11.4. The van der Waals surface area contributed by atoms with Crippen LogP contribution < -0.4 is 10.6 Å². The summed E-state index contributed by atoms with van der Waals surface area (Å²) in [4.78, 5) is 22.2. The van der Waals surface area contributed by atoms with Crippen LogP contribution in [-0.2, 0) is 24.2 Å². The molecule has 1 heterocycles. The average Bonchev–Trinajstić information content (AvgIpc) is 2.24. The van der Waals surface area contributed by atoms with E-state index in [0.29, 0.717) is 6.54 Å². The molecular formula is C9H16N2O5S. The van der Waals surface area contributed by atoms with Gasteiger partial charge in [0.15, 0.2) is 9.84 Å². The number of esters is 1. The molecule has 98 valence electrons. The van der Waals surface area contributed by atoms with Crippen molar-refractivity contribution in [1.82, 2.24) is 10.6 Å². The molecule has 1 fully saturated rings. The summed E-state index contributed by atoms with van der Waals surface area (Å²) in [5.41, 5.74) is 0. The van der Waals surface area contributed by atoms with Crippen LogP contribution in [0.25, 0.3) is 0 Å². The summed E-state index contributed by atoms with van der Waals surface area (Å²) in [6, 6.07) is -0.383. The van der Waals surface area contributed by atoms with E-state index < -0.39 is 15.8 Å². The second kappa shape index (κ2) is 5.97. The van der Waals surface area contributed by atoms with Crippen LogP contribution >= 0.6 is 0 Å². The maximum atomic E-state index is 11.4. The van der Waals surface area contributed by atoms with Crippen LogP contribution in [0, 0.1) is 0 Å². The minimum absolute atomic E-state index is 0.0379. The first kappa shape index (κ1) is 13.9. The van der Waals surface area contributed by atoms with Gasteiger partial charge in [0.2, 0.25) is 5.91 Å². The van der Waals surface area contributed by atoms with E-state index in [1.165, 1.54) is 7.11 Å². The standard InChI is InChI=1S/C9H16N2O5S/c1-16-9(13)5-11-8(12)4-7-6-17(14,15)3-2-10-7/h7,10H,2-6H2,1H3,(H,11,12). The lowest BCUT2D eigenvalue weighted by Gasteiger charge is -2.22. The Morgan fingerprint density at radius 1 is 1.47 bits per heavy atom. The predicted octanol–water partition coefficient (Wildman–Crippen LogP) is -1.95. The van der Waals surface area contributed by atoms with Gasteiger partial charge < -0.3 is 15.4 Å². The van der Waals surface area contributed by atoms with Crippen molar-refractivity contribution in [3.8, 4) is 0 Å². The van der Waals surface area contributed by atoms with Crippen LogP contribution in [0.2, 0.25) is 0 Å². The first-order chi connectivity index (χ1) is 7.93. The third kappa shape index (κ3) is 5.14. The third-order valence-corrected chi connectivity index (χ3v) is 4.13. The van der Waals surface area contributed by atoms with Crippen molar-refractivity contribution in [2.75, 3.05) is 31.7 Å². The van der Waals surface area contributed by atoms with Gasteiger partial charge in [0, 0.05) is 19.0 Å². The molecule has 7 nitrogen and oxygen atoms in total. The fourth-order valence-corrected chi connectivity index (χ4v) is 2.98. The lowest BCUT2D eigenvalue weighted by Crippen LogP contribution is -2.47. The minimum Gasteiger partial charge on any atom is -0.468 e. The number of ether oxygens (including phenoxy) is 1. The lowest BCUT2D eigenvalue weighted by atomic mass is 10.2. The zero-order valence-electron chi connectivity index (χ0n) is 9.56. The number of nitrogens with one attached hydrogen (secondary N) is 2. The smallest absolute Gasteiger partial charge is 0.325 e. The highest BCUT2D eigenvalue weighted by Gasteiger charge is 2.25. The zero-order chi connectivity index (χ0) is 12.9. The second-order valence-electron chi connectivity index (χ2n) is 3.82. The van der Waals surface area contributed by atoms with Crippen molar-refractivity contribution in [3.05, 3.63) is 0 Å². The van der Waals surface area contributed by atoms with Gasteiger partial charge in [0.1, 0.15) is 6.54 Å².